The van der Waals surface area contributed by atoms with Gasteiger partial charge in [-0.3, -0.25) is 0 Å². The molecule has 4 heteroatoms. The van der Waals surface area contributed by atoms with E-state index >= 15 is 0 Å². The summed E-state index contributed by atoms with van der Waals surface area (Å²) < 4.78 is 0.905. The summed E-state index contributed by atoms with van der Waals surface area (Å²) in [5.74, 6) is 0. The fourth-order valence-corrected chi connectivity index (χ4v) is 1.52. The van der Waals surface area contributed by atoms with Crippen LogP contribution in [0, 0.1) is 0 Å². The van der Waals surface area contributed by atoms with Gasteiger partial charge >= 0.3 is 0 Å². The third kappa shape index (κ3) is 2.21. The summed E-state index contributed by atoms with van der Waals surface area (Å²) in [7, 11) is 0. The Kier molecular flexibility index (Phi) is 2.95. The van der Waals surface area contributed by atoms with E-state index in [1.807, 2.05) is 12.1 Å². The Labute approximate surface area is 85.9 Å². The van der Waals surface area contributed by atoms with Crippen LogP contribution in [0.1, 0.15) is 12.5 Å². The summed E-state index contributed by atoms with van der Waals surface area (Å²) in [6.45, 7) is 1.62. The number of nitrogens with two attached hydrogens (primary N) is 2. The summed E-state index contributed by atoms with van der Waals surface area (Å²) in [6, 6.07) is 5.44. The molecule has 0 saturated carbocycles. The molecule has 72 valence electrons. The highest BCUT2D eigenvalue weighted by Gasteiger charge is 2.22. The number of rotatable bonds is 2. The van der Waals surface area contributed by atoms with Crippen molar-refractivity contribution in [2.24, 2.45) is 5.73 Å². The van der Waals surface area contributed by atoms with Crippen LogP contribution in [-0.2, 0) is 5.54 Å². The van der Waals surface area contributed by atoms with Crippen LogP contribution in [0.5, 0.6) is 0 Å². The smallest absolute Gasteiger partial charge is 0.0651 e. The normalized spacial score (nSPS) is 15.4. The van der Waals surface area contributed by atoms with E-state index in [-0.39, 0.29) is 6.61 Å². The highest BCUT2D eigenvalue weighted by molar-refractivity contribution is 9.10. The van der Waals surface area contributed by atoms with Gasteiger partial charge in [0.1, 0.15) is 0 Å². The van der Waals surface area contributed by atoms with Gasteiger partial charge in [0.25, 0.3) is 0 Å². The molecule has 1 atom stereocenters. The van der Waals surface area contributed by atoms with Gasteiger partial charge in [0.15, 0.2) is 0 Å². The molecule has 0 aromatic heterocycles. The third-order valence-corrected chi connectivity index (χ3v) is 2.45. The molecule has 5 N–H and O–H groups in total. The molecule has 13 heavy (non-hydrogen) atoms. The second-order valence-corrected chi connectivity index (χ2v) is 4.22. The first kappa shape index (κ1) is 10.5. The molecule has 0 heterocycles. The summed E-state index contributed by atoms with van der Waals surface area (Å²) in [5, 5.41) is 9.05. The summed E-state index contributed by atoms with van der Waals surface area (Å²) in [6.07, 6.45) is 0. The van der Waals surface area contributed by atoms with Gasteiger partial charge in [-0.2, -0.15) is 0 Å². The molecule has 0 fully saturated rings. The van der Waals surface area contributed by atoms with Crippen molar-refractivity contribution in [1.82, 2.24) is 0 Å². The Morgan fingerprint density at radius 2 is 2.15 bits per heavy atom. The molecule has 1 rings (SSSR count). The average Bonchev–Trinajstić information content (AvgIpc) is 2.03. The molecular weight excluding hydrogens is 232 g/mol. The molecule has 3 nitrogen and oxygen atoms in total. The predicted octanol–water partition coefficient (Wildman–Crippen LogP) is 1.20. The topological polar surface area (TPSA) is 72.3 Å². The van der Waals surface area contributed by atoms with E-state index in [1.54, 1.807) is 13.0 Å². The van der Waals surface area contributed by atoms with E-state index in [0.29, 0.717) is 5.69 Å². The van der Waals surface area contributed by atoms with Crippen LogP contribution in [-0.4, -0.2) is 11.7 Å². The molecule has 0 aliphatic carbocycles. The average molecular weight is 245 g/mol. The van der Waals surface area contributed by atoms with Crippen molar-refractivity contribution in [3.05, 3.63) is 28.2 Å². The standard InChI is InChI=1S/C9H13BrN2O/c1-9(12,5-13)7-3-2-6(10)4-8(7)11/h2-4,13H,5,11-12H2,1H3. The fourth-order valence-electron chi connectivity index (χ4n) is 1.14. The lowest BCUT2D eigenvalue weighted by Gasteiger charge is -2.23. The van der Waals surface area contributed by atoms with Crippen molar-refractivity contribution in [2.75, 3.05) is 12.3 Å². The largest absolute Gasteiger partial charge is 0.398 e. The van der Waals surface area contributed by atoms with Crippen LogP contribution in [0.3, 0.4) is 0 Å². The highest BCUT2D eigenvalue weighted by atomic mass is 79.9. The second kappa shape index (κ2) is 3.65. The van der Waals surface area contributed by atoms with Gasteiger partial charge in [-0.15, -0.1) is 0 Å². The number of aliphatic hydroxyl groups is 1. The lowest BCUT2D eigenvalue weighted by atomic mass is 9.93. The van der Waals surface area contributed by atoms with E-state index in [4.69, 9.17) is 16.6 Å². The molecule has 0 aliphatic heterocycles. The van der Waals surface area contributed by atoms with Crippen LogP contribution in [0.25, 0.3) is 0 Å². The zero-order valence-corrected chi connectivity index (χ0v) is 9.01. The van der Waals surface area contributed by atoms with E-state index in [1.165, 1.54) is 0 Å². The van der Waals surface area contributed by atoms with Gasteiger partial charge in [-0.1, -0.05) is 22.0 Å². The third-order valence-electron chi connectivity index (χ3n) is 1.96. The highest BCUT2D eigenvalue weighted by Crippen LogP contribution is 2.26. The minimum Gasteiger partial charge on any atom is -0.398 e. The van der Waals surface area contributed by atoms with Crippen molar-refractivity contribution >= 4 is 21.6 Å². The van der Waals surface area contributed by atoms with Crippen molar-refractivity contribution < 1.29 is 5.11 Å². The maximum Gasteiger partial charge on any atom is 0.0651 e. The van der Waals surface area contributed by atoms with Crippen molar-refractivity contribution in [3.8, 4) is 0 Å². The number of hydrogen-bond donors (Lipinski definition) is 3. The molecule has 1 unspecified atom stereocenters. The van der Waals surface area contributed by atoms with Crippen LogP contribution < -0.4 is 11.5 Å². The van der Waals surface area contributed by atoms with Gasteiger partial charge in [0, 0.05) is 10.2 Å². The predicted molar refractivity (Wildman–Crippen MR) is 57.2 cm³/mol. The SMILES string of the molecule is CC(N)(CO)c1ccc(Br)cc1N. The molecule has 0 bridgehead atoms. The van der Waals surface area contributed by atoms with Gasteiger partial charge in [-0.25, -0.2) is 0 Å². The molecule has 0 aliphatic rings. The molecular formula is C9H13BrN2O. The minimum absolute atomic E-state index is 0.126. The van der Waals surface area contributed by atoms with Crippen LogP contribution in [0.4, 0.5) is 5.69 Å². The molecule has 0 spiro atoms. The van der Waals surface area contributed by atoms with Crippen molar-refractivity contribution in [2.45, 2.75) is 12.5 Å². The van der Waals surface area contributed by atoms with Crippen molar-refractivity contribution in [1.29, 1.82) is 0 Å². The minimum atomic E-state index is -0.773. The quantitative estimate of drug-likeness (QED) is 0.685. The Morgan fingerprint density at radius 3 is 2.62 bits per heavy atom. The van der Waals surface area contributed by atoms with E-state index < -0.39 is 5.54 Å². The Balaban J connectivity index is 3.16. The lowest BCUT2D eigenvalue weighted by Crippen LogP contribution is -2.37. The Hall–Kier alpha value is -0.580. The summed E-state index contributed by atoms with van der Waals surface area (Å²) in [4.78, 5) is 0. The fraction of sp³-hybridized carbons (Fsp3) is 0.333. The maximum absolute atomic E-state index is 9.05. The number of benzene rings is 1. The van der Waals surface area contributed by atoms with Crippen LogP contribution in [0.2, 0.25) is 0 Å². The first-order valence-electron chi connectivity index (χ1n) is 3.92. The molecule has 0 radical (unpaired) electrons. The zero-order valence-electron chi connectivity index (χ0n) is 7.42. The van der Waals surface area contributed by atoms with Gasteiger partial charge in [-0.05, 0) is 24.6 Å². The summed E-state index contributed by atoms with van der Waals surface area (Å²) in [5.41, 5.74) is 12.2. The number of aliphatic hydroxyl groups excluding tert-OH is 1. The number of hydrogen-bond acceptors (Lipinski definition) is 3. The monoisotopic (exact) mass is 244 g/mol. The first-order valence-corrected chi connectivity index (χ1v) is 4.72. The van der Waals surface area contributed by atoms with Crippen molar-refractivity contribution in [3.63, 3.8) is 0 Å². The lowest BCUT2D eigenvalue weighted by molar-refractivity contribution is 0.210. The molecule has 0 saturated heterocycles. The van der Waals surface area contributed by atoms with Gasteiger partial charge < -0.3 is 16.6 Å². The van der Waals surface area contributed by atoms with E-state index in [0.717, 1.165) is 10.0 Å². The Morgan fingerprint density at radius 1 is 1.54 bits per heavy atom. The maximum atomic E-state index is 9.05. The number of halogens is 1. The molecule has 1 aromatic carbocycles. The number of nitrogen functional groups attached to an aromatic ring is 1. The van der Waals surface area contributed by atoms with E-state index in [9.17, 15) is 0 Å². The molecule has 0 amide bonds. The van der Waals surface area contributed by atoms with Gasteiger partial charge in [0.2, 0.25) is 0 Å². The van der Waals surface area contributed by atoms with Crippen LogP contribution in [0.15, 0.2) is 22.7 Å². The molecule has 1 aromatic rings. The van der Waals surface area contributed by atoms with Crippen LogP contribution >= 0.6 is 15.9 Å². The second-order valence-electron chi connectivity index (χ2n) is 3.31. The summed E-state index contributed by atoms with van der Waals surface area (Å²) >= 11 is 3.30. The van der Waals surface area contributed by atoms with Gasteiger partial charge in [0.05, 0.1) is 12.1 Å². The Bertz CT molecular complexity index is 312. The zero-order chi connectivity index (χ0) is 10.1. The number of anilines is 1. The van der Waals surface area contributed by atoms with E-state index in [2.05, 4.69) is 15.9 Å². The first-order chi connectivity index (χ1) is 5.97.